The highest BCUT2D eigenvalue weighted by molar-refractivity contribution is 5.99. The number of ether oxygens (including phenoxy) is 2. The van der Waals surface area contributed by atoms with Crippen molar-refractivity contribution < 1.29 is 29.0 Å². The van der Waals surface area contributed by atoms with E-state index in [-0.39, 0.29) is 6.54 Å². The van der Waals surface area contributed by atoms with Crippen LogP contribution in [0.25, 0.3) is 0 Å². The minimum absolute atomic E-state index is 0.222. The van der Waals surface area contributed by atoms with Gasteiger partial charge in [-0.05, 0) is 42.8 Å². The Morgan fingerprint density at radius 2 is 1.64 bits per heavy atom. The lowest BCUT2D eigenvalue weighted by molar-refractivity contribution is -0.138. The minimum atomic E-state index is -0.922. The van der Waals surface area contributed by atoms with Crippen LogP contribution in [0.3, 0.4) is 0 Å². The first kappa shape index (κ1) is 20.8. The molecule has 0 saturated heterocycles. The summed E-state index contributed by atoms with van der Waals surface area (Å²) in [5, 5.41) is 14.2. The molecule has 28 heavy (non-hydrogen) atoms. The van der Waals surface area contributed by atoms with Crippen molar-refractivity contribution >= 4 is 23.5 Å². The van der Waals surface area contributed by atoms with Crippen molar-refractivity contribution in [2.45, 2.75) is 12.8 Å². The molecule has 0 fully saturated rings. The maximum atomic E-state index is 12.2. The highest BCUT2D eigenvalue weighted by atomic mass is 16.5. The fraction of sp³-hybridized carbons (Fsp3) is 0.250. The Morgan fingerprint density at radius 3 is 2.21 bits per heavy atom. The molecule has 0 aliphatic heterocycles. The summed E-state index contributed by atoms with van der Waals surface area (Å²) >= 11 is 0. The van der Waals surface area contributed by atoms with Gasteiger partial charge in [-0.15, -0.1) is 0 Å². The summed E-state index contributed by atoms with van der Waals surface area (Å²) in [5.74, 6) is -1.48. The molecule has 0 saturated carbocycles. The van der Waals surface area contributed by atoms with E-state index in [1.807, 2.05) is 0 Å². The fourth-order valence-corrected chi connectivity index (χ4v) is 2.44. The number of carboxylic acids is 1. The molecule has 2 rings (SSSR count). The van der Waals surface area contributed by atoms with Crippen LogP contribution in [-0.2, 0) is 9.59 Å². The summed E-state index contributed by atoms with van der Waals surface area (Å²) in [6, 6.07) is 11.2. The van der Waals surface area contributed by atoms with Crippen LogP contribution in [0, 0.1) is 0 Å². The second-order valence-electron chi connectivity index (χ2n) is 5.98. The van der Waals surface area contributed by atoms with Crippen molar-refractivity contribution in [2.75, 3.05) is 26.1 Å². The van der Waals surface area contributed by atoms with E-state index in [0.29, 0.717) is 28.3 Å². The van der Waals surface area contributed by atoms with Crippen molar-refractivity contribution in [1.29, 1.82) is 0 Å². The first-order chi connectivity index (χ1) is 13.3. The van der Waals surface area contributed by atoms with Gasteiger partial charge in [0.2, 0.25) is 5.91 Å². The van der Waals surface area contributed by atoms with Crippen molar-refractivity contribution in [3.63, 3.8) is 0 Å². The molecule has 8 nitrogen and oxygen atoms in total. The number of hydrogen-bond donors (Lipinski definition) is 3. The van der Waals surface area contributed by atoms with Gasteiger partial charge in [-0.1, -0.05) is 12.1 Å². The maximum absolute atomic E-state index is 12.2. The molecule has 2 aromatic carbocycles. The third-order valence-corrected chi connectivity index (χ3v) is 4.12. The summed E-state index contributed by atoms with van der Waals surface area (Å²) in [5.41, 5.74) is 1.47. The van der Waals surface area contributed by atoms with Crippen LogP contribution < -0.4 is 20.1 Å². The average Bonchev–Trinajstić information content (AvgIpc) is 2.71. The number of methoxy groups -OCH3 is 2. The fourth-order valence-electron chi connectivity index (χ4n) is 2.44. The van der Waals surface area contributed by atoms with Gasteiger partial charge in [-0.2, -0.15) is 0 Å². The summed E-state index contributed by atoms with van der Waals surface area (Å²) in [4.78, 5) is 35.2. The van der Waals surface area contributed by atoms with Gasteiger partial charge in [0.1, 0.15) is 0 Å². The Labute approximate surface area is 162 Å². The van der Waals surface area contributed by atoms with Gasteiger partial charge in [0, 0.05) is 11.3 Å². The molecule has 2 aromatic rings. The van der Waals surface area contributed by atoms with Crippen molar-refractivity contribution in [2.24, 2.45) is 0 Å². The lowest BCUT2D eigenvalue weighted by atomic mass is 10.0. The number of amides is 2. The molecule has 0 spiro atoms. The number of rotatable bonds is 8. The largest absolute Gasteiger partial charge is 0.493 e. The molecule has 0 aromatic heterocycles. The average molecular weight is 386 g/mol. The lowest BCUT2D eigenvalue weighted by Gasteiger charge is -2.11. The van der Waals surface area contributed by atoms with Crippen molar-refractivity contribution in [3.05, 3.63) is 53.6 Å². The summed E-state index contributed by atoms with van der Waals surface area (Å²) in [6.45, 7) is 1.36. The second kappa shape index (κ2) is 9.40. The molecule has 0 bridgehead atoms. The molecular formula is C20H22N2O6. The monoisotopic (exact) mass is 386 g/mol. The van der Waals surface area contributed by atoms with E-state index in [1.165, 1.54) is 20.3 Å². The van der Waals surface area contributed by atoms with Crippen LogP contribution in [0.2, 0.25) is 0 Å². The number of carbonyl (C=O) groups excluding carboxylic acids is 2. The van der Waals surface area contributed by atoms with Crippen LogP contribution in [0.5, 0.6) is 11.5 Å². The summed E-state index contributed by atoms with van der Waals surface area (Å²) < 4.78 is 10.3. The molecule has 2 amide bonds. The zero-order valence-corrected chi connectivity index (χ0v) is 15.8. The van der Waals surface area contributed by atoms with E-state index in [1.54, 1.807) is 43.3 Å². The van der Waals surface area contributed by atoms with Gasteiger partial charge in [-0.3, -0.25) is 14.4 Å². The normalized spacial score (nSPS) is 11.2. The van der Waals surface area contributed by atoms with Gasteiger partial charge in [0.25, 0.3) is 5.91 Å². The van der Waals surface area contributed by atoms with E-state index in [9.17, 15) is 14.4 Å². The van der Waals surface area contributed by atoms with E-state index in [4.69, 9.17) is 14.6 Å². The zero-order valence-electron chi connectivity index (χ0n) is 15.8. The van der Waals surface area contributed by atoms with Crippen LogP contribution in [0.4, 0.5) is 5.69 Å². The van der Waals surface area contributed by atoms with E-state index < -0.39 is 23.7 Å². The molecule has 0 radical (unpaired) electrons. The van der Waals surface area contributed by atoms with Crippen molar-refractivity contribution in [3.8, 4) is 11.5 Å². The van der Waals surface area contributed by atoms with Crippen LogP contribution >= 0.6 is 0 Å². The molecule has 1 atom stereocenters. The van der Waals surface area contributed by atoms with Gasteiger partial charge in [-0.25, -0.2) is 0 Å². The number of carboxylic acid groups (broad SMARTS) is 1. The SMILES string of the molecule is COc1ccc(C(=O)NCC(=O)Nc2ccc(C(C)C(=O)O)cc2)cc1OC. The third-order valence-electron chi connectivity index (χ3n) is 4.12. The minimum Gasteiger partial charge on any atom is -0.493 e. The molecule has 3 N–H and O–H groups in total. The van der Waals surface area contributed by atoms with Gasteiger partial charge >= 0.3 is 5.97 Å². The molecule has 0 aliphatic carbocycles. The molecule has 0 heterocycles. The smallest absolute Gasteiger partial charge is 0.310 e. The number of carbonyl (C=O) groups is 3. The highest BCUT2D eigenvalue weighted by Gasteiger charge is 2.14. The molecule has 1 unspecified atom stereocenters. The second-order valence-corrected chi connectivity index (χ2v) is 5.98. The zero-order chi connectivity index (χ0) is 20.7. The lowest BCUT2D eigenvalue weighted by Crippen LogP contribution is -2.32. The standard InChI is InChI=1S/C20H22N2O6/c1-12(20(25)26)13-4-7-15(8-5-13)22-18(23)11-21-19(24)14-6-9-16(27-2)17(10-14)28-3/h4-10,12H,11H2,1-3H3,(H,21,24)(H,22,23)(H,25,26). The molecule has 8 heteroatoms. The first-order valence-electron chi connectivity index (χ1n) is 8.48. The van der Waals surface area contributed by atoms with Gasteiger partial charge in [0.15, 0.2) is 11.5 Å². The quantitative estimate of drug-likeness (QED) is 0.641. The molecular weight excluding hydrogens is 364 g/mol. The predicted molar refractivity (Wildman–Crippen MR) is 103 cm³/mol. The van der Waals surface area contributed by atoms with Crippen LogP contribution in [0.1, 0.15) is 28.8 Å². The van der Waals surface area contributed by atoms with E-state index in [0.717, 1.165) is 0 Å². The number of anilines is 1. The van der Waals surface area contributed by atoms with Crippen molar-refractivity contribution in [1.82, 2.24) is 5.32 Å². The number of nitrogens with one attached hydrogen (secondary N) is 2. The van der Waals surface area contributed by atoms with Crippen LogP contribution in [0.15, 0.2) is 42.5 Å². The van der Waals surface area contributed by atoms with Gasteiger partial charge in [0.05, 0.1) is 26.7 Å². The van der Waals surface area contributed by atoms with Crippen LogP contribution in [-0.4, -0.2) is 43.7 Å². The Morgan fingerprint density at radius 1 is 1.00 bits per heavy atom. The van der Waals surface area contributed by atoms with Gasteiger partial charge < -0.3 is 25.2 Å². The summed E-state index contributed by atoms with van der Waals surface area (Å²) in [6.07, 6.45) is 0. The maximum Gasteiger partial charge on any atom is 0.310 e. The highest BCUT2D eigenvalue weighted by Crippen LogP contribution is 2.27. The molecule has 148 valence electrons. The molecule has 0 aliphatic rings. The number of aliphatic carboxylic acids is 1. The predicted octanol–water partition coefficient (Wildman–Crippen LogP) is 2.26. The van der Waals surface area contributed by atoms with E-state index in [2.05, 4.69) is 10.6 Å². The third kappa shape index (κ3) is 5.23. The summed E-state index contributed by atoms with van der Waals surface area (Å²) in [7, 11) is 2.96. The first-order valence-corrected chi connectivity index (χ1v) is 8.48. The Balaban J connectivity index is 1.91. The Kier molecular flexibility index (Phi) is 6.97. The Hall–Kier alpha value is -3.55. The topological polar surface area (TPSA) is 114 Å². The van der Waals surface area contributed by atoms with E-state index >= 15 is 0 Å². The number of hydrogen-bond acceptors (Lipinski definition) is 5. The Bertz CT molecular complexity index is 863. The number of benzene rings is 2.